The van der Waals surface area contributed by atoms with Crippen molar-refractivity contribution in [2.75, 3.05) is 6.54 Å². The summed E-state index contributed by atoms with van der Waals surface area (Å²) in [5, 5.41) is 0. The third-order valence-electron chi connectivity index (χ3n) is 3.67. The Morgan fingerprint density at radius 3 is 2.39 bits per heavy atom. The van der Waals surface area contributed by atoms with Crippen LogP contribution in [-0.4, -0.2) is 17.4 Å². The van der Waals surface area contributed by atoms with Crippen molar-refractivity contribution in [1.82, 2.24) is 4.90 Å². The number of rotatable bonds is 4. The summed E-state index contributed by atoms with van der Waals surface area (Å²) in [5.74, 6) is 0.0338. The van der Waals surface area contributed by atoms with Crippen LogP contribution in [0.4, 0.5) is 0 Å². The van der Waals surface area contributed by atoms with Gasteiger partial charge in [-0.15, -0.1) is 13.2 Å². The zero-order valence-corrected chi connectivity index (χ0v) is 10.4. The van der Waals surface area contributed by atoms with Crippen LogP contribution in [0.25, 0.3) is 0 Å². The fraction of sp³-hybridized carbons (Fsp3) is 0.188. The standard InChI is InChI=1S/C16H17NO/c1-4-13-12-17(6-3)15(18)16(13,5-2)14-10-8-7-9-11-14/h4-11,13H,1-3,12H2. The highest BCUT2D eigenvalue weighted by Gasteiger charge is 2.51. The normalized spacial score (nSPS) is 27.0. The van der Waals surface area contributed by atoms with E-state index in [4.69, 9.17) is 0 Å². The average Bonchev–Trinajstić information content (AvgIpc) is 2.72. The second-order valence-electron chi connectivity index (χ2n) is 4.42. The fourth-order valence-corrected chi connectivity index (χ4v) is 2.66. The minimum Gasteiger partial charge on any atom is -0.318 e. The lowest BCUT2D eigenvalue weighted by Crippen LogP contribution is -2.37. The molecule has 18 heavy (non-hydrogen) atoms. The first kappa shape index (κ1) is 12.4. The molecule has 2 rings (SSSR count). The molecule has 1 heterocycles. The molecule has 2 heteroatoms. The number of likely N-dealkylation sites (tertiary alicyclic amines) is 1. The van der Waals surface area contributed by atoms with Gasteiger partial charge in [0.25, 0.3) is 0 Å². The van der Waals surface area contributed by atoms with Gasteiger partial charge in [-0.2, -0.15) is 0 Å². The molecule has 0 saturated carbocycles. The highest BCUT2D eigenvalue weighted by Crippen LogP contribution is 2.42. The van der Waals surface area contributed by atoms with E-state index < -0.39 is 5.41 Å². The van der Waals surface area contributed by atoms with Crippen molar-refractivity contribution in [1.29, 1.82) is 0 Å². The number of nitrogens with zero attached hydrogens (tertiary/aromatic N) is 1. The summed E-state index contributed by atoms with van der Waals surface area (Å²) in [5.41, 5.74) is 0.247. The summed E-state index contributed by atoms with van der Waals surface area (Å²) in [7, 11) is 0. The number of carbonyl (C=O) groups is 1. The highest BCUT2D eigenvalue weighted by atomic mass is 16.2. The van der Waals surface area contributed by atoms with Gasteiger partial charge in [-0.3, -0.25) is 4.79 Å². The largest absolute Gasteiger partial charge is 0.318 e. The van der Waals surface area contributed by atoms with E-state index in [2.05, 4.69) is 19.7 Å². The highest BCUT2D eigenvalue weighted by molar-refractivity contribution is 5.94. The Hall–Kier alpha value is -2.09. The number of hydrogen-bond acceptors (Lipinski definition) is 1. The van der Waals surface area contributed by atoms with Gasteiger partial charge in [0.15, 0.2) is 0 Å². The summed E-state index contributed by atoms with van der Waals surface area (Å²) in [6.07, 6.45) is 5.14. The topological polar surface area (TPSA) is 20.3 Å². The summed E-state index contributed by atoms with van der Waals surface area (Å²) in [4.78, 5) is 14.2. The maximum absolute atomic E-state index is 12.6. The Balaban J connectivity index is 2.60. The maximum atomic E-state index is 12.6. The number of hydrogen-bond donors (Lipinski definition) is 0. The van der Waals surface area contributed by atoms with E-state index in [1.165, 1.54) is 0 Å². The lowest BCUT2D eigenvalue weighted by molar-refractivity contribution is -0.129. The Morgan fingerprint density at radius 2 is 1.89 bits per heavy atom. The maximum Gasteiger partial charge on any atom is 0.241 e. The number of carbonyl (C=O) groups excluding carboxylic acids is 1. The van der Waals surface area contributed by atoms with Gasteiger partial charge in [0.05, 0.1) is 0 Å². The van der Waals surface area contributed by atoms with Crippen LogP contribution in [0.5, 0.6) is 0 Å². The quantitative estimate of drug-likeness (QED) is 0.740. The molecule has 0 N–H and O–H groups in total. The molecule has 0 radical (unpaired) electrons. The summed E-state index contributed by atoms with van der Waals surface area (Å²) >= 11 is 0. The van der Waals surface area contributed by atoms with Gasteiger partial charge in [-0.1, -0.05) is 49.1 Å². The van der Waals surface area contributed by atoms with E-state index in [1.54, 1.807) is 17.2 Å². The van der Waals surface area contributed by atoms with Crippen LogP contribution in [0.1, 0.15) is 5.56 Å². The smallest absolute Gasteiger partial charge is 0.241 e. The van der Waals surface area contributed by atoms with Crippen LogP contribution in [0, 0.1) is 5.92 Å². The zero-order chi connectivity index (χ0) is 13.2. The first-order chi connectivity index (χ1) is 8.70. The third kappa shape index (κ3) is 1.53. The molecule has 1 saturated heterocycles. The molecule has 2 nitrogen and oxygen atoms in total. The first-order valence-electron chi connectivity index (χ1n) is 5.96. The summed E-state index contributed by atoms with van der Waals surface area (Å²) in [6, 6.07) is 9.73. The third-order valence-corrected chi connectivity index (χ3v) is 3.67. The van der Waals surface area contributed by atoms with Crippen LogP contribution in [0.2, 0.25) is 0 Å². The Kier molecular flexibility index (Phi) is 3.19. The predicted octanol–water partition coefficient (Wildman–Crippen LogP) is 2.90. The van der Waals surface area contributed by atoms with Crippen molar-refractivity contribution in [3.8, 4) is 0 Å². The second kappa shape index (κ2) is 4.65. The van der Waals surface area contributed by atoms with Crippen LogP contribution >= 0.6 is 0 Å². The SMILES string of the molecule is C=CC1CN(C=C)C(=O)C1(C=C)c1ccccc1. The van der Waals surface area contributed by atoms with Gasteiger partial charge in [-0.25, -0.2) is 0 Å². The molecule has 2 unspecified atom stereocenters. The van der Waals surface area contributed by atoms with Gasteiger partial charge < -0.3 is 4.90 Å². The molecule has 1 aromatic rings. The minimum atomic E-state index is -0.711. The van der Waals surface area contributed by atoms with E-state index in [0.29, 0.717) is 6.54 Å². The molecule has 1 aliphatic heterocycles. The van der Waals surface area contributed by atoms with Crippen molar-refractivity contribution < 1.29 is 4.79 Å². The molecule has 0 aromatic heterocycles. The molecule has 2 atom stereocenters. The lowest BCUT2D eigenvalue weighted by atomic mass is 9.72. The summed E-state index contributed by atoms with van der Waals surface area (Å²) < 4.78 is 0. The van der Waals surface area contributed by atoms with Crippen LogP contribution in [0.3, 0.4) is 0 Å². The number of benzene rings is 1. The Bertz CT molecular complexity index is 491. The van der Waals surface area contributed by atoms with Gasteiger partial charge in [0.2, 0.25) is 5.91 Å². The van der Waals surface area contributed by atoms with Crippen molar-refractivity contribution in [3.05, 3.63) is 74.0 Å². The van der Waals surface area contributed by atoms with E-state index in [-0.39, 0.29) is 11.8 Å². The molecular weight excluding hydrogens is 222 g/mol. The molecule has 1 fully saturated rings. The van der Waals surface area contributed by atoms with Crippen molar-refractivity contribution >= 4 is 5.91 Å². The van der Waals surface area contributed by atoms with Gasteiger partial charge >= 0.3 is 0 Å². The number of amides is 1. The second-order valence-corrected chi connectivity index (χ2v) is 4.42. The molecule has 0 bridgehead atoms. The molecule has 0 spiro atoms. The van der Waals surface area contributed by atoms with Crippen LogP contribution in [-0.2, 0) is 10.2 Å². The minimum absolute atomic E-state index is 0.0166. The van der Waals surface area contributed by atoms with Crippen LogP contribution < -0.4 is 0 Å². The van der Waals surface area contributed by atoms with Gasteiger partial charge in [0.1, 0.15) is 5.41 Å². The van der Waals surface area contributed by atoms with Crippen molar-refractivity contribution in [2.24, 2.45) is 5.92 Å². The zero-order valence-electron chi connectivity index (χ0n) is 10.4. The molecular formula is C16H17NO. The molecule has 1 aliphatic rings. The van der Waals surface area contributed by atoms with Gasteiger partial charge in [-0.05, 0) is 11.8 Å². The van der Waals surface area contributed by atoms with Crippen LogP contribution in [0.15, 0.2) is 68.4 Å². The van der Waals surface area contributed by atoms with Gasteiger partial charge in [0, 0.05) is 12.5 Å². The van der Waals surface area contributed by atoms with Crippen molar-refractivity contribution in [2.45, 2.75) is 5.41 Å². The average molecular weight is 239 g/mol. The monoisotopic (exact) mass is 239 g/mol. The molecule has 92 valence electrons. The fourth-order valence-electron chi connectivity index (χ4n) is 2.66. The Morgan fingerprint density at radius 1 is 1.22 bits per heavy atom. The first-order valence-corrected chi connectivity index (χ1v) is 5.96. The van der Waals surface area contributed by atoms with Crippen molar-refractivity contribution in [3.63, 3.8) is 0 Å². The van der Waals surface area contributed by atoms with E-state index in [1.807, 2.05) is 36.4 Å². The molecule has 1 amide bonds. The molecule has 0 aliphatic carbocycles. The summed E-state index contributed by atoms with van der Waals surface area (Å²) in [6.45, 7) is 12.0. The van der Waals surface area contributed by atoms with E-state index >= 15 is 0 Å². The lowest BCUT2D eigenvalue weighted by Gasteiger charge is -2.28. The predicted molar refractivity (Wildman–Crippen MR) is 73.9 cm³/mol. The van der Waals surface area contributed by atoms with E-state index in [9.17, 15) is 4.79 Å². The Labute approximate surface area is 108 Å². The van der Waals surface area contributed by atoms with E-state index in [0.717, 1.165) is 5.56 Å². The molecule has 1 aromatic carbocycles.